The summed E-state index contributed by atoms with van der Waals surface area (Å²) in [5, 5.41) is 0. The summed E-state index contributed by atoms with van der Waals surface area (Å²) in [5.41, 5.74) is 5.63. The monoisotopic (exact) mass is 367 g/mol. The lowest BCUT2D eigenvalue weighted by Gasteiger charge is -2.04. The second-order valence-corrected chi connectivity index (χ2v) is 7.10. The number of unbranched alkanes of at least 4 members (excludes halogenated alkanes) is 7. The molecule has 2 N–H and O–H groups in total. The van der Waals surface area contributed by atoms with Gasteiger partial charge < -0.3 is 10.5 Å². The molecule has 0 radical (unpaired) electrons. The SMILES string of the molecule is C=C(CCCCCCCC)C(N)=O.C=CC(=O)OCCCCCC(C)C. The van der Waals surface area contributed by atoms with E-state index in [9.17, 15) is 9.59 Å². The molecule has 0 bridgehead atoms. The van der Waals surface area contributed by atoms with Crippen molar-refractivity contribution in [3.05, 3.63) is 24.8 Å². The standard InChI is InChI=1S/C11H21NO.C11H20O2/c1-3-4-5-6-7-8-9-10(2)11(12)13;1-4-11(12)13-9-7-5-6-8-10(2)3/h2-9H2,1H3,(H2,12,13);4,10H,1,5-9H2,2-3H3. The first-order valence-electron chi connectivity index (χ1n) is 10.1. The van der Waals surface area contributed by atoms with Crippen molar-refractivity contribution in [1.82, 2.24) is 0 Å². The Morgan fingerprint density at radius 2 is 1.58 bits per heavy atom. The lowest BCUT2D eigenvalue weighted by molar-refractivity contribution is -0.137. The van der Waals surface area contributed by atoms with Gasteiger partial charge in [-0.2, -0.15) is 0 Å². The van der Waals surface area contributed by atoms with Crippen molar-refractivity contribution < 1.29 is 14.3 Å². The average molecular weight is 368 g/mol. The Morgan fingerprint density at radius 3 is 2.12 bits per heavy atom. The van der Waals surface area contributed by atoms with Crippen LogP contribution in [0.2, 0.25) is 0 Å². The molecule has 0 spiro atoms. The Morgan fingerprint density at radius 1 is 1.00 bits per heavy atom. The number of carbonyl (C=O) groups is 2. The van der Waals surface area contributed by atoms with Crippen LogP contribution in [-0.4, -0.2) is 18.5 Å². The number of amides is 1. The Balaban J connectivity index is 0. The normalized spacial score (nSPS) is 10.0. The number of hydrogen-bond donors (Lipinski definition) is 1. The van der Waals surface area contributed by atoms with Gasteiger partial charge in [0.05, 0.1) is 6.61 Å². The second kappa shape index (κ2) is 19.7. The van der Waals surface area contributed by atoms with Crippen LogP contribution in [0.25, 0.3) is 0 Å². The van der Waals surface area contributed by atoms with Crippen LogP contribution in [0.15, 0.2) is 24.8 Å². The van der Waals surface area contributed by atoms with Crippen molar-refractivity contribution in [3.8, 4) is 0 Å². The Bertz CT molecular complexity index is 389. The minimum Gasteiger partial charge on any atom is -0.463 e. The van der Waals surface area contributed by atoms with Gasteiger partial charge in [0.15, 0.2) is 0 Å². The smallest absolute Gasteiger partial charge is 0.330 e. The van der Waals surface area contributed by atoms with E-state index in [1.165, 1.54) is 51.0 Å². The Kier molecular flexibility index (Phi) is 20.2. The zero-order valence-electron chi connectivity index (χ0n) is 17.4. The van der Waals surface area contributed by atoms with E-state index in [2.05, 4.69) is 33.9 Å². The highest BCUT2D eigenvalue weighted by Crippen LogP contribution is 2.10. The van der Waals surface area contributed by atoms with E-state index >= 15 is 0 Å². The van der Waals surface area contributed by atoms with Crippen molar-refractivity contribution in [2.75, 3.05) is 6.61 Å². The van der Waals surface area contributed by atoms with Crippen LogP contribution in [0.5, 0.6) is 0 Å². The quantitative estimate of drug-likeness (QED) is 0.229. The minimum absolute atomic E-state index is 0.316. The summed E-state index contributed by atoms with van der Waals surface area (Å²) >= 11 is 0. The summed E-state index contributed by atoms with van der Waals surface area (Å²) in [7, 11) is 0. The minimum atomic E-state index is -0.353. The van der Waals surface area contributed by atoms with Gasteiger partial charge >= 0.3 is 5.97 Å². The third-order valence-corrected chi connectivity index (χ3v) is 4.02. The van der Waals surface area contributed by atoms with E-state index < -0.39 is 0 Å². The number of carbonyl (C=O) groups excluding carboxylic acids is 2. The highest BCUT2D eigenvalue weighted by molar-refractivity contribution is 5.91. The molecular formula is C22H41NO3. The van der Waals surface area contributed by atoms with Gasteiger partial charge in [0.25, 0.3) is 0 Å². The van der Waals surface area contributed by atoms with E-state index in [-0.39, 0.29) is 11.9 Å². The molecule has 0 aliphatic rings. The van der Waals surface area contributed by atoms with Crippen LogP contribution in [0.1, 0.15) is 91.4 Å². The van der Waals surface area contributed by atoms with Gasteiger partial charge in [0, 0.05) is 11.6 Å². The van der Waals surface area contributed by atoms with Gasteiger partial charge in [-0.1, -0.05) is 85.3 Å². The van der Waals surface area contributed by atoms with Gasteiger partial charge in [-0.3, -0.25) is 4.79 Å². The molecule has 4 heteroatoms. The van der Waals surface area contributed by atoms with Crippen molar-refractivity contribution >= 4 is 11.9 Å². The number of rotatable bonds is 15. The van der Waals surface area contributed by atoms with Crippen molar-refractivity contribution in [2.24, 2.45) is 11.7 Å². The number of primary amides is 1. The van der Waals surface area contributed by atoms with E-state index in [1.54, 1.807) is 0 Å². The fourth-order valence-corrected chi connectivity index (χ4v) is 2.31. The number of nitrogens with two attached hydrogens (primary N) is 1. The first-order chi connectivity index (χ1) is 12.3. The van der Waals surface area contributed by atoms with Gasteiger partial charge in [-0.25, -0.2) is 4.79 Å². The van der Waals surface area contributed by atoms with Crippen LogP contribution in [0.4, 0.5) is 0 Å². The molecule has 0 saturated heterocycles. The van der Waals surface area contributed by atoms with E-state index in [1.807, 2.05) is 0 Å². The first-order valence-corrected chi connectivity index (χ1v) is 10.1. The zero-order chi connectivity index (χ0) is 20.2. The highest BCUT2D eigenvalue weighted by Gasteiger charge is 2.00. The largest absolute Gasteiger partial charge is 0.463 e. The van der Waals surface area contributed by atoms with E-state index in [4.69, 9.17) is 10.5 Å². The van der Waals surface area contributed by atoms with Crippen molar-refractivity contribution in [1.29, 1.82) is 0 Å². The molecule has 26 heavy (non-hydrogen) atoms. The fourth-order valence-electron chi connectivity index (χ4n) is 2.31. The van der Waals surface area contributed by atoms with Crippen molar-refractivity contribution in [2.45, 2.75) is 91.4 Å². The average Bonchev–Trinajstić information content (AvgIpc) is 2.60. The summed E-state index contributed by atoms with van der Waals surface area (Å²) < 4.78 is 4.84. The predicted molar refractivity (Wildman–Crippen MR) is 111 cm³/mol. The van der Waals surface area contributed by atoms with Crippen LogP contribution < -0.4 is 5.73 Å². The number of esters is 1. The molecule has 0 aliphatic carbocycles. The third-order valence-electron chi connectivity index (χ3n) is 4.02. The lowest BCUT2D eigenvalue weighted by Crippen LogP contribution is -2.12. The maximum absolute atomic E-state index is 10.6. The fraction of sp³-hybridized carbons (Fsp3) is 0.727. The second-order valence-electron chi connectivity index (χ2n) is 7.10. The lowest BCUT2D eigenvalue weighted by atomic mass is 10.1. The van der Waals surface area contributed by atoms with Gasteiger partial charge in [-0.15, -0.1) is 0 Å². The third kappa shape index (κ3) is 22.4. The van der Waals surface area contributed by atoms with Gasteiger partial charge in [0.2, 0.25) is 5.91 Å². The molecule has 0 rings (SSSR count). The molecule has 0 saturated carbocycles. The summed E-state index contributed by atoms with van der Waals surface area (Å²) in [4.78, 5) is 21.2. The maximum Gasteiger partial charge on any atom is 0.330 e. The molecule has 0 atom stereocenters. The molecule has 0 unspecified atom stereocenters. The van der Waals surface area contributed by atoms with Crippen LogP contribution in [-0.2, 0) is 14.3 Å². The van der Waals surface area contributed by atoms with Crippen molar-refractivity contribution in [3.63, 3.8) is 0 Å². The summed E-state index contributed by atoms with van der Waals surface area (Å²) in [5.74, 6) is 0.105. The molecule has 0 aromatic carbocycles. The predicted octanol–water partition coefficient (Wildman–Crippen LogP) is 5.71. The number of hydrogen-bond acceptors (Lipinski definition) is 3. The first kappa shape index (κ1) is 26.6. The molecule has 4 nitrogen and oxygen atoms in total. The molecule has 0 aliphatic heterocycles. The molecule has 0 aromatic heterocycles. The zero-order valence-corrected chi connectivity index (χ0v) is 17.4. The van der Waals surface area contributed by atoms with Gasteiger partial charge in [0.1, 0.15) is 0 Å². The molecule has 0 heterocycles. The van der Waals surface area contributed by atoms with E-state index in [0.29, 0.717) is 12.2 Å². The summed E-state index contributed by atoms with van der Waals surface area (Å²) in [6.07, 6.45) is 13.9. The van der Waals surface area contributed by atoms with E-state index in [0.717, 1.165) is 31.6 Å². The maximum atomic E-state index is 10.6. The highest BCUT2D eigenvalue weighted by atomic mass is 16.5. The van der Waals surface area contributed by atoms with Crippen LogP contribution in [0, 0.1) is 5.92 Å². The molecule has 0 aromatic rings. The Hall–Kier alpha value is -1.58. The molecule has 0 fully saturated rings. The molecule has 152 valence electrons. The van der Waals surface area contributed by atoms with Crippen LogP contribution >= 0.6 is 0 Å². The number of ether oxygens (including phenoxy) is 1. The van der Waals surface area contributed by atoms with Crippen LogP contribution in [0.3, 0.4) is 0 Å². The molecular weight excluding hydrogens is 326 g/mol. The molecule has 1 amide bonds. The van der Waals surface area contributed by atoms with Gasteiger partial charge in [-0.05, 0) is 25.2 Å². The summed E-state index contributed by atoms with van der Waals surface area (Å²) in [6.45, 7) is 14.1. The topological polar surface area (TPSA) is 69.4 Å². The summed E-state index contributed by atoms with van der Waals surface area (Å²) in [6, 6.07) is 0. The Labute approximate surface area is 161 Å².